The van der Waals surface area contributed by atoms with Crippen LogP contribution in [0.15, 0.2) is 36.4 Å². The highest BCUT2D eigenvalue weighted by molar-refractivity contribution is 5.97. The molecule has 2 amide bonds. The van der Waals surface area contributed by atoms with Gasteiger partial charge in [0.1, 0.15) is 22.3 Å². The summed E-state index contributed by atoms with van der Waals surface area (Å²) in [4.78, 5) is 41.6. The van der Waals surface area contributed by atoms with E-state index in [2.05, 4.69) is 0 Å². The van der Waals surface area contributed by atoms with Crippen molar-refractivity contribution in [1.82, 2.24) is 0 Å². The molecule has 0 unspecified atom stereocenters. The molecule has 12 nitrogen and oxygen atoms in total. The molecule has 2 rings (SSSR count). The van der Waals surface area contributed by atoms with E-state index in [1.807, 2.05) is 10.6 Å². The zero-order valence-electron chi connectivity index (χ0n) is 21.0. The van der Waals surface area contributed by atoms with Gasteiger partial charge in [-0.15, -0.1) is 0 Å². The first-order chi connectivity index (χ1) is 17.9. The van der Waals surface area contributed by atoms with Crippen LogP contribution in [0.5, 0.6) is 0 Å². The minimum atomic E-state index is -4.93. The molecule has 0 aliphatic heterocycles. The van der Waals surface area contributed by atoms with Gasteiger partial charge in [-0.25, -0.2) is 0 Å². The Balaban J connectivity index is 0.000000400. The maximum absolute atomic E-state index is 12.7. The maximum Gasteiger partial charge on any atom is 0.423 e. The summed E-state index contributed by atoms with van der Waals surface area (Å²) in [7, 11) is 0. The number of alkyl halides is 6. The van der Waals surface area contributed by atoms with Crippen molar-refractivity contribution < 1.29 is 56.0 Å². The van der Waals surface area contributed by atoms with Gasteiger partial charge < -0.3 is 20.8 Å². The number of anilines is 2. The molecular weight excluding hydrogens is 562 g/mol. The highest BCUT2D eigenvalue weighted by atomic mass is 19.4. The summed E-state index contributed by atoms with van der Waals surface area (Å²) >= 11 is 0. The van der Waals surface area contributed by atoms with Gasteiger partial charge in [-0.1, -0.05) is 0 Å². The van der Waals surface area contributed by atoms with Crippen molar-refractivity contribution in [1.29, 1.82) is 0 Å². The van der Waals surface area contributed by atoms with E-state index in [-0.39, 0.29) is 11.4 Å². The smallest absolute Gasteiger partial charge is 0.381 e. The SMILES string of the molecule is CC(C)(O)C(=O)Nc1ccc([N+](=O)[O-])c(C(F)(F)F)c1.CC(C)(O)C(=O)Nc1ccc([N+](=O)[O-])c(C(F)(F)F)c1. The molecule has 0 aromatic heterocycles. The number of nitrogens with zero attached hydrogens (tertiary/aromatic N) is 2. The summed E-state index contributed by atoms with van der Waals surface area (Å²) in [5, 5.41) is 43.9. The molecule has 0 saturated heterocycles. The Morgan fingerprint density at radius 3 is 1.15 bits per heavy atom. The molecule has 40 heavy (non-hydrogen) atoms. The van der Waals surface area contributed by atoms with Crippen LogP contribution < -0.4 is 10.6 Å². The van der Waals surface area contributed by atoms with E-state index in [1.165, 1.54) is 0 Å². The van der Waals surface area contributed by atoms with Crippen LogP contribution in [0.25, 0.3) is 0 Å². The zero-order chi connectivity index (χ0) is 31.4. The van der Waals surface area contributed by atoms with E-state index in [9.17, 15) is 66.4 Å². The molecule has 0 spiro atoms. The number of hydrogen-bond acceptors (Lipinski definition) is 8. The number of benzene rings is 2. The summed E-state index contributed by atoms with van der Waals surface area (Å²) in [5.74, 6) is -1.86. The summed E-state index contributed by atoms with van der Waals surface area (Å²) in [6, 6.07) is 4.09. The van der Waals surface area contributed by atoms with Crippen molar-refractivity contribution >= 4 is 34.6 Å². The molecular formula is C22H22F6N4O8. The lowest BCUT2D eigenvalue weighted by atomic mass is 10.1. The predicted molar refractivity (Wildman–Crippen MR) is 126 cm³/mol. The van der Waals surface area contributed by atoms with Gasteiger partial charge in [0.05, 0.1) is 9.85 Å². The summed E-state index contributed by atoms with van der Waals surface area (Å²) in [6.07, 6.45) is -9.87. The molecule has 0 aliphatic carbocycles. The van der Waals surface area contributed by atoms with Crippen LogP contribution in [0.4, 0.5) is 49.1 Å². The number of carbonyl (C=O) groups is 2. The molecule has 0 radical (unpaired) electrons. The summed E-state index contributed by atoms with van der Waals surface area (Å²) in [5.41, 5.74) is -9.35. The third kappa shape index (κ3) is 9.45. The standard InChI is InChI=1S/2C11H11F3N2O4/c2*1-10(2,18)9(17)15-6-3-4-8(16(19)20)7(5-6)11(12,13)14/h2*3-5,18H,1-2H3,(H,15,17). The van der Waals surface area contributed by atoms with Crippen LogP contribution in [-0.2, 0) is 21.9 Å². The Kier molecular flexibility index (Phi) is 9.96. The fourth-order valence-corrected chi connectivity index (χ4v) is 2.57. The minimum Gasteiger partial charge on any atom is -0.381 e. The topological polar surface area (TPSA) is 185 Å². The first-order valence-corrected chi connectivity index (χ1v) is 10.6. The fourth-order valence-electron chi connectivity index (χ4n) is 2.57. The fraction of sp³-hybridized carbons (Fsp3) is 0.364. The summed E-state index contributed by atoms with van der Waals surface area (Å²) in [6.45, 7) is 4.60. The number of hydrogen-bond donors (Lipinski definition) is 4. The van der Waals surface area contributed by atoms with Gasteiger partial charge in [0.15, 0.2) is 0 Å². The lowest BCUT2D eigenvalue weighted by Crippen LogP contribution is -2.36. The Labute approximate surface area is 220 Å². The van der Waals surface area contributed by atoms with E-state index in [0.29, 0.717) is 24.3 Å². The average molecular weight is 584 g/mol. The van der Waals surface area contributed by atoms with Gasteiger partial charge in [0.25, 0.3) is 23.2 Å². The normalized spacial score (nSPS) is 12.1. The number of rotatable bonds is 6. The van der Waals surface area contributed by atoms with Crippen molar-refractivity contribution in [2.24, 2.45) is 0 Å². The molecule has 2 aromatic carbocycles. The van der Waals surface area contributed by atoms with Crippen LogP contribution in [0.1, 0.15) is 38.8 Å². The molecule has 2 aromatic rings. The van der Waals surface area contributed by atoms with Crippen LogP contribution in [0.2, 0.25) is 0 Å². The molecule has 18 heteroatoms. The number of carbonyl (C=O) groups excluding carboxylic acids is 2. The van der Waals surface area contributed by atoms with Crippen LogP contribution in [0.3, 0.4) is 0 Å². The maximum atomic E-state index is 12.7. The number of amides is 2. The second-order valence-electron chi connectivity index (χ2n) is 9.00. The molecule has 0 fully saturated rings. The third-order valence-corrected chi connectivity index (χ3v) is 4.62. The van der Waals surface area contributed by atoms with Gasteiger partial charge in [-0.3, -0.25) is 29.8 Å². The highest BCUT2D eigenvalue weighted by Crippen LogP contribution is 2.38. The second kappa shape index (κ2) is 11.8. The van der Waals surface area contributed by atoms with Gasteiger partial charge in [0.2, 0.25) is 0 Å². The Hall–Kier alpha value is -4.32. The highest BCUT2D eigenvalue weighted by Gasteiger charge is 2.40. The van der Waals surface area contributed by atoms with Crippen molar-refractivity contribution in [3.63, 3.8) is 0 Å². The molecule has 0 aliphatic rings. The van der Waals surface area contributed by atoms with E-state index in [4.69, 9.17) is 0 Å². The van der Waals surface area contributed by atoms with E-state index >= 15 is 0 Å². The first kappa shape index (κ1) is 33.7. The first-order valence-electron chi connectivity index (χ1n) is 10.6. The summed E-state index contributed by atoms with van der Waals surface area (Å²) < 4.78 is 76.2. The van der Waals surface area contributed by atoms with Gasteiger partial charge in [-0.2, -0.15) is 26.3 Å². The number of nitro groups is 2. The van der Waals surface area contributed by atoms with Crippen molar-refractivity contribution in [2.75, 3.05) is 10.6 Å². The van der Waals surface area contributed by atoms with Crippen molar-refractivity contribution in [3.8, 4) is 0 Å². The van der Waals surface area contributed by atoms with Crippen molar-refractivity contribution in [2.45, 2.75) is 51.2 Å². The van der Waals surface area contributed by atoms with Crippen LogP contribution in [0, 0.1) is 20.2 Å². The lowest BCUT2D eigenvalue weighted by molar-refractivity contribution is -0.388. The molecule has 0 saturated carbocycles. The Morgan fingerprint density at radius 2 is 0.950 bits per heavy atom. The monoisotopic (exact) mass is 584 g/mol. The Morgan fingerprint density at radius 1 is 0.675 bits per heavy atom. The quantitative estimate of drug-likeness (QED) is 0.215. The van der Waals surface area contributed by atoms with E-state index in [0.717, 1.165) is 39.8 Å². The number of nitro benzene ring substituents is 2. The predicted octanol–water partition coefficient (Wildman–Crippen LogP) is 4.65. The van der Waals surface area contributed by atoms with E-state index in [1.54, 1.807) is 0 Å². The Bertz CT molecular complexity index is 1200. The van der Waals surface area contributed by atoms with Gasteiger partial charge in [-0.05, 0) is 52.0 Å². The zero-order valence-corrected chi connectivity index (χ0v) is 21.0. The van der Waals surface area contributed by atoms with Crippen LogP contribution in [-0.4, -0.2) is 43.1 Å². The van der Waals surface area contributed by atoms with Crippen molar-refractivity contribution in [3.05, 3.63) is 67.8 Å². The number of nitrogens with one attached hydrogen (secondary N) is 2. The average Bonchev–Trinajstić information content (AvgIpc) is 2.76. The van der Waals surface area contributed by atoms with Gasteiger partial charge in [0, 0.05) is 23.5 Å². The molecule has 220 valence electrons. The van der Waals surface area contributed by atoms with Crippen LogP contribution >= 0.6 is 0 Å². The minimum absolute atomic E-state index is 0.296. The number of halogens is 6. The largest absolute Gasteiger partial charge is 0.423 e. The lowest BCUT2D eigenvalue weighted by Gasteiger charge is -2.17. The molecule has 0 atom stereocenters. The third-order valence-electron chi connectivity index (χ3n) is 4.62. The number of aliphatic hydroxyl groups is 2. The molecule has 0 bridgehead atoms. The second-order valence-corrected chi connectivity index (χ2v) is 9.00. The van der Waals surface area contributed by atoms with E-state index < -0.39 is 67.7 Å². The molecule has 4 N–H and O–H groups in total. The van der Waals surface area contributed by atoms with Gasteiger partial charge >= 0.3 is 12.4 Å². The molecule has 0 heterocycles.